The number of rotatable bonds is 6. The third-order valence-electron chi connectivity index (χ3n) is 3.16. The molecule has 0 saturated heterocycles. The number of hydrogen-bond donors (Lipinski definition) is 1. The van der Waals surface area contributed by atoms with Crippen molar-refractivity contribution in [2.75, 3.05) is 5.88 Å². The summed E-state index contributed by atoms with van der Waals surface area (Å²) in [7, 11) is 0. The van der Waals surface area contributed by atoms with Crippen molar-refractivity contribution < 1.29 is 24.2 Å². The number of amides is 1. The molecule has 6 nitrogen and oxygen atoms in total. The van der Waals surface area contributed by atoms with E-state index in [1.165, 1.54) is 0 Å². The molecule has 1 atom stereocenters. The van der Waals surface area contributed by atoms with Crippen LogP contribution in [-0.2, 0) is 4.79 Å². The molecule has 1 N–H and O–H groups in total. The Morgan fingerprint density at radius 1 is 1.36 bits per heavy atom. The number of carbonyl (C=O) groups is 2. The maximum atomic E-state index is 12.3. The monoisotopic (exact) mass is 326 g/mol. The number of halogens is 1. The predicted molar refractivity (Wildman–Crippen MR) is 78.0 cm³/mol. The van der Waals surface area contributed by atoms with Gasteiger partial charge in [0, 0.05) is 31.7 Å². The summed E-state index contributed by atoms with van der Waals surface area (Å²) < 4.78 is 11.3. The Kier molecular flexibility index (Phi) is 4.81. The van der Waals surface area contributed by atoms with Gasteiger partial charge in [-0.2, -0.15) is 0 Å². The van der Waals surface area contributed by atoms with Gasteiger partial charge in [-0.15, -0.1) is 11.6 Å². The average Bonchev–Trinajstić information content (AvgIpc) is 2.75. The second kappa shape index (κ2) is 6.44. The van der Waals surface area contributed by atoms with Crippen LogP contribution in [0.2, 0.25) is 0 Å². The van der Waals surface area contributed by atoms with Gasteiger partial charge in [-0.25, -0.2) is 0 Å². The number of carboxylic acid groups (broad SMARTS) is 1. The number of alkyl halides is 1. The van der Waals surface area contributed by atoms with Gasteiger partial charge in [-0.3, -0.25) is 4.79 Å². The minimum Gasteiger partial charge on any atom is -0.530 e. The second-order valence-electron chi connectivity index (χ2n) is 5.40. The normalized spacial score (nSPS) is 16.1. The largest absolute Gasteiger partial charge is 0.530 e. The molecule has 0 saturated carbocycles. The van der Waals surface area contributed by atoms with E-state index >= 15 is 0 Å². The lowest BCUT2D eigenvalue weighted by molar-refractivity contribution is -0.251. The molecule has 0 bridgehead atoms. The average molecular weight is 327 g/mol. The van der Waals surface area contributed by atoms with Gasteiger partial charge in [0.1, 0.15) is 12.1 Å². The van der Waals surface area contributed by atoms with Crippen molar-refractivity contribution in [3.05, 3.63) is 23.8 Å². The van der Waals surface area contributed by atoms with E-state index in [-0.39, 0.29) is 12.2 Å². The van der Waals surface area contributed by atoms with Gasteiger partial charge in [-0.05, 0) is 12.5 Å². The number of fused-ring (bicyclic) bond motifs is 1. The Labute approximate surface area is 133 Å². The lowest BCUT2D eigenvalue weighted by Gasteiger charge is -2.21. The molecule has 0 spiro atoms. The van der Waals surface area contributed by atoms with Crippen LogP contribution in [0, 0.1) is 0 Å². The van der Waals surface area contributed by atoms with Crippen molar-refractivity contribution >= 4 is 23.5 Å². The number of para-hydroxylation sites is 1. The maximum Gasteiger partial charge on any atom is 0.246 e. The number of ether oxygens (including phenoxy) is 2. The van der Waals surface area contributed by atoms with Crippen molar-refractivity contribution in [3.63, 3.8) is 0 Å². The third kappa shape index (κ3) is 3.62. The molecule has 22 heavy (non-hydrogen) atoms. The Balaban J connectivity index is 2.35. The van der Waals surface area contributed by atoms with Gasteiger partial charge in [0.05, 0.1) is 0 Å². The van der Waals surface area contributed by atoms with Gasteiger partial charge in [0.25, 0.3) is 0 Å². The van der Waals surface area contributed by atoms with E-state index in [9.17, 15) is 14.7 Å². The fraction of sp³-hybridized carbons (Fsp3) is 0.467. The van der Waals surface area contributed by atoms with Crippen molar-refractivity contribution in [2.24, 2.45) is 0 Å². The van der Waals surface area contributed by atoms with Gasteiger partial charge >= 0.3 is 0 Å². The van der Waals surface area contributed by atoms with Crippen LogP contribution in [0.5, 0.6) is 11.5 Å². The van der Waals surface area contributed by atoms with E-state index in [1.807, 2.05) is 0 Å². The topological polar surface area (TPSA) is 87.7 Å². The molecule has 1 amide bonds. The molecule has 1 unspecified atom stereocenters. The molecule has 0 aromatic heterocycles. The lowest BCUT2D eigenvalue weighted by atomic mass is 9.98. The van der Waals surface area contributed by atoms with Crippen molar-refractivity contribution in [1.29, 1.82) is 0 Å². The van der Waals surface area contributed by atoms with Crippen LogP contribution in [0.4, 0.5) is 4.79 Å². The molecule has 0 aliphatic carbocycles. The molecule has 0 fully saturated rings. The summed E-state index contributed by atoms with van der Waals surface area (Å²) in [6.07, 6.45) is -0.911. The SMILES string of the molecule is CC1(C)Oc2cccc(C(NC(=O)[O-])C(=O)CCCCl)c2O1. The standard InChI is InChI=1S/C15H18ClNO5/c1-15(2)21-11-7-3-5-9(13(11)22-15)12(17-14(19)20)10(18)6-4-8-16/h3,5,7,12,17H,4,6,8H2,1-2H3,(H,19,20)/p-1. The molecule has 120 valence electrons. The highest BCUT2D eigenvalue weighted by Gasteiger charge is 2.36. The highest BCUT2D eigenvalue weighted by molar-refractivity contribution is 6.18. The summed E-state index contributed by atoms with van der Waals surface area (Å²) in [5.41, 5.74) is 0.409. The van der Waals surface area contributed by atoms with E-state index < -0.39 is 17.9 Å². The number of Topliss-reactive ketones (excluding diaryl/α,β-unsaturated/α-hetero) is 1. The third-order valence-corrected chi connectivity index (χ3v) is 3.43. The van der Waals surface area contributed by atoms with Gasteiger partial charge in [0.2, 0.25) is 5.79 Å². The number of carbonyl (C=O) groups excluding carboxylic acids is 2. The fourth-order valence-corrected chi connectivity index (χ4v) is 2.45. The van der Waals surface area contributed by atoms with E-state index in [4.69, 9.17) is 21.1 Å². The zero-order chi connectivity index (χ0) is 16.3. The van der Waals surface area contributed by atoms with Crippen LogP contribution < -0.4 is 19.9 Å². The van der Waals surface area contributed by atoms with E-state index in [1.54, 1.807) is 32.0 Å². The summed E-state index contributed by atoms with van der Waals surface area (Å²) in [6.45, 7) is 3.46. The molecular weight excluding hydrogens is 310 g/mol. The Morgan fingerprint density at radius 3 is 2.73 bits per heavy atom. The highest BCUT2D eigenvalue weighted by atomic mass is 35.5. The molecule has 1 heterocycles. The second-order valence-corrected chi connectivity index (χ2v) is 5.78. The first kappa shape index (κ1) is 16.4. The molecule has 1 aromatic rings. The van der Waals surface area contributed by atoms with E-state index in [2.05, 4.69) is 5.32 Å². The Bertz CT molecular complexity index is 587. The number of hydrogen-bond acceptors (Lipinski definition) is 5. The summed E-state index contributed by atoms with van der Waals surface area (Å²) in [6, 6.07) is 3.94. The van der Waals surface area contributed by atoms with Gasteiger partial charge < -0.3 is 24.7 Å². The van der Waals surface area contributed by atoms with Crippen molar-refractivity contribution in [3.8, 4) is 11.5 Å². The van der Waals surface area contributed by atoms with Crippen LogP contribution in [0.1, 0.15) is 38.3 Å². The number of benzene rings is 1. The minimum absolute atomic E-state index is 0.155. The van der Waals surface area contributed by atoms with Crippen LogP contribution in [0.25, 0.3) is 0 Å². The Morgan fingerprint density at radius 2 is 2.09 bits per heavy atom. The summed E-state index contributed by atoms with van der Waals surface area (Å²) >= 11 is 5.59. The van der Waals surface area contributed by atoms with E-state index in [0.29, 0.717) is 29.4 Å². The Hall–Kier alpha value is -1.95. The molecule has 7 heteroatoms. The molecule has 1 aliphatic rings. The summed E-state index contributed by atoms with van der Waals surface area (Å²) in [5, 5.41) is 13.1. The fourth-order valence-electron chi connectivity index (χ4n) is 2.32. The number of nitrogens with one attached hydrogen (secondary N) is 1. The molecule has 0 radical (unpaired) electrons. The molecule has 1 aromatic carbocycles. The first-order valence-corrected chi connectivity index (χ1v) is 7.44. The van der Waals surface area contributed by atoms with Gasteiger partial charge in [0.15, 0.2) is 17.3 Å². The van der Waals surface area contributed by atoms with Crippen LogP contribution in [0.3, 0.4) is 0 Å². The smallest absolute Gasteiger partial charge is 0.246 e. The molecule has 1 aliphatic heterocycles. The van der Waals surface area contributed by atoms with E-state index in [0.717, 1.165) is 0 Å². The maximum absolute atomic E-state index is 12.3. The minimum atomic E-state index is -1.53. The molecule has 2 rings (SSSR count). The zero-order valence-corrected chi connectivity index (χ0v) is 13.1. The quantitative estimate of drug-likeness (QED) is 0.805. The zero-order valence-electron chi connectivity index (χ0n) is 12.3. The lowest BCUT2D eigenvalue weighted by Crippen LogP contribution is -2.42. The summed E-state index contributed by atoms with van der Waals surface area (Å²) in [4.78, 5) is 23.2. The van der Waals surface area contributed by atoms with Crippen LogP contribution >= 0.6 is 11.6 Å². The number of ketones is 1. The summed E-state index contributed by atoms with van der Waals surface area (Å²) in [5.74, 6) is -0.0118. The highest BCUT2D eigenvalue weighted by Crippen LogP contribution is 2.44. The van der Waals surface area contributed by atoms with Crippen LogP contribution in [0.15, 0.2) is 18.2 Å². The first-order chi connectivity index (χ1) is 10.3. The molecular formula is C15H17ClNO5-. The first-order valence-electron chi connectivity index (χ1n) is 6.91. The van der Waals surface area contributed by atoms with Crippen molar-refractivity contribution in [1.82, 2.24) is 5.32 Å². The van der Waals surface area contributed by atoms with Gasteiger partial charge in [-0.1, -0.05) is 12.1 Å². The van der Waals surface area contributed by atoms with Crippen molar-refractivity contribution in [2.45, 2.75) is 38.5 Å². The predicted octanol–water partition coefficient (Wildman–Crippen LogP) is 1.76. The van der Waals surface area contributed by atoms with Crippen LogP contribution in [-0.4, -0.2) is 23.5 Å².